The summed E-state index contributed by atoms with van der Waals surface area (Å²) in [6.07, 6.45) is 3.02. The Bertz CT molecular complexity index is 762. The van der Waals surface area contributed by atoms with Crippen LogP contribution in [0.15, 0.2) is 36.4 Å². The summed E-state index contributed by atoms with van der Waals surface area (Å²) >= 11 is 5.86. The summed E-state index contributed by atoms with van der Waals surface area (Å²) < 4.78 is 0. The van der Waals surface area contributed by atoms with E-state index in [0.717, 1.165) is 30.4 Å². The maximum atomic E-state index is 12.5. The highest BCUT2D eigenvalue weighted by Crippen LogP contribution is 2.34. The highest BCUT2D eigenvalue weighted by atomic mass is 35.5. The number of hydrogen-bond donors (Lipinski definition) is 4. The molecule has 1 aliphatic rings. The van der Waals surface area contributed by atoms with Crippen LogP contribution < -0.4 is 10.6 Å². The van der Waals surface area contributed by atoms with Gasteiger partial charge in [-0.15, -0.1) is 0 Å². The average Bonchev–Trinajstić information content (AvgIpc) is 2.79. The van der Waals surface area contributed by atoms with E-state index < -0.39 is 0 Å². The Balaban J connectivity index is 1.58. The third kappa shape index (κ3) is 4.37. The van der Waals surface area contributed by atoms with E-state index in [4.69, 9.17) is 11.6 Å². The van der Waals surface area contributed by atoms with Crippen molar-refractivity contribution in [2.45, 2.75) is 31.7 Å². The molecule has 1 atom stereocenters. The van der Waals surface area contributed by atoms with E-state index in [-0.39, 0.29) is 23.4 Å². The Kier molecular flexibility index (Phi) is 5.34. The van der Waals surface area contributed by atoms with Crippen LogP contribution in [0.25, 0.3) is 0 Å². The van der Waals surface area contributed by atoms with Gasteiger partial charge in [-0.25, -0.2) is 0 Å². The molecule has 0 aromatic heterocycles. The minimum absolute atomic E-state index is 0.0608. The largest absolute Gasteiger partial charge is 0.504 e. The number of rotatable bonds is 4. The van der Waals surface area contributed by atoms with Gasteiger partial charge in [0.1, 0.15) is 6.04 Å². The fourth-order valence-electron chi connectivity index (χ4n) is 3.02. The fourth-order valence-corrected chi connectivity index (χ4v) is 3.14. The van der Waals surface area contributed by atoms with Crippen molar-refractivity contribution in [2.75, 3.05) is 11.9 Å². The predicted molar refractivity (Wildman–Crippen MR) is 98.3 cm³/mol. The molecule has 1 unspecified atom stereocenters. The number of amides is 1. The van der Waals surface area contributed by atoms with Crippen LogP contribution >= 0.6 is 11.6 Å². The summed E-state index contributed by atoms with van der Waals surface area (Å²) in [6, 6.07) is 10.3. The topological polar surface area (TPSA) is 81.6 Å². The van der Waals surface area contributed by atoms with Crippen molar-refractivity contribution < 1.29 is 15.0 Å². The van der Waals surface area contributed by atoms with Gasteiger partial charge in [0.25, 0.3) is 0 Å². The van der Waals surface area contributed by atoms with Gasteiger partial charge in [0.2, 0.25) is 5.91 Å². The van der Waals surface area contributed by atoms with E-state index in [1.807, 2.05) is 24.3 Å². The third-order valence-electron chi connectivity index (χ3n) is 4.41. The Morgan fingerprint density at radius 2 is 1.92 bits per heavy atom. The molecule has 3 rings (SSSR count). The van der Waals surface area contributed by atoms with E-state index >= 15 is 0 Å². The van der Waals surface area contributed by atoms with E-state index in [9.17, 15) is 15.0 Å². The summed E-state index contributed by atoms with van der Waals surface area (Å²) in [5.41, 5.74) is 2.72. The van der Waals surface area contributed by atoms with Crippen molar-refractivity contribution in [3.05, 3.63) is 52.5 Å². The molecule has 1 amide bonds. The van der Waals surface area contributed by atoms with Gasteiger partial charge < -0.3 is 20.8 Å². The standard InChI is InChI=1S/C19H21ClN2O3/c20-14-6-4-12(5-7-14)8-9-21-19(25)15-3-1-2-13-10-17(23)18(24)11-16(13)22-15/h4-7,10-11,15,22-24H,1-3,8-9H2,(H,21,25). The molecule has 25 heavy (non-hydrogen) atoms. The zero-order valence-corrected chi connectivity index (χ0v) is 14.5. The first-order chi connectivity index (χ1) is 12.0. The maximum absolute atomic E-state index is 12.5. The van der Waals surface area contributed by atoms with Crippen molar-refractivity contribution in [2.24, 2.45) is 0 Å². The Labute approximate surface area is 151 Å². The summed E-state index contributed by atoms with van der Waals surface area (Å²) in [4.78, 5) is 12.5. The number of phenols is 2. The number of fused-ring (bicyclic) bond motifs is 1. The minimum Gasteiger partial charge on any atom is -0.504 e. The van der Waals surface area contributed by atoms with Crippen LogP contribution in [0.4, 0.5) is 5.69 Å². The zero-order valence-electron chi connectivity index (χ0n) is 13.8. The number of anilines is 1. The van der Waals surface area contributed by atoms with Crippen LogP contribution in [0.1, 0.15) is 24.0 Å². The Hall–Kier alpha value is -2.40. The fraction of sp³-hybridized carbons (Fsp3) is 0.316. The molecule has 0 fully saturated rings. The highest BCUT2D eigenvalue weighted by Gasteiger charge is 2.23. The normalized spacial score (nSPS) is 16.4. The third-order valence-corrected chi connectivity index (χ3v) is 4.66. The average molecular weight is 361 g/mol. The van der Waals surface area contributed by atoms with Gasteiger partial charge in [0.15, 0.2) is 11.5 Å². The summed E-state index contributed by atoms with van der Waals surface area (Å²) in [7, 11) is 0. The number of aryl methyl sites for hydroxylation is 1. The lowest BCUT2D eigenvalue weighted by molar-refractivity contribution is -0.121. The van der Waals surface area contributed by atoms with Gasteiger partial charge in [-0.2, -0.15) is 0 Å². The Morgan fingerprint density at radius 3 is 2.68 bits per heavy atom. The van der Waals surface area contributed by atoms with Gasteiger partial charge in [-0.05, 0) is 55.0 Å². The molecule has 0 saturated heterocycles. The van der Waals surface area contributed by atoms with Crippen LogP contribution in [-0.4, -0.2) is 28.7 Å². The predicted octanol–water partition coefficient (Wildman–Crippen LogP) is 3.23. The molecular formula is C19H21ClN2O3. The first kappa shape index (κ1) is 17.4. The number of halogens is 1. The second kappa shape index (κ2) is 7.66. The molecular weight excluding hydrogens is 340 g/mol. The van der Waals surface area contributed by atoms with Crippen LogP contribution in [0, 0.1) is 0 Å². The van der Waals surface area contributed by atoms with Crippen molar-refractivity contribution in [1.29, 1.82) is 0 Å². The van der Waals surface area contributed by atoms with E-state index in [1.165, 1.54) is 6.07 Å². The zero-order chi connectivity index (χ0) is 17.8. The Morgan fingerprint density at radius 1 is 1.20 bits per heavy atom. The number of nitrogens with one attached hydrogen (secondary N) is 2. The van der Waals surface area contributed by atoms with Crippen molar-refractivity contribution in [1.82, 2.24) is 5.32 Å². The van der Waals surface area contributed by atoms with Crippen molar-refractivity contribution in [3.63, 3.8) is 0 Å². The lowest BCUT2D eigenvalue weighted by atomic mass is 10.1. The van der Waals surface area contributed by atoms with Crippen LogP contribution in [-0.2, 0) is 17.6 Å². The molecule has 0 aliphatic carbocycles. The summed E-state index contributed by atoms with van der Waals surface area (Å²) in [5.74, 6) is -0.379. The first-order valence-corrected chi connectivity index (χ1v) is 8.74. The summed E-state index contributed by atoms with van der Waals surface area (Å²) in [5, 5.41) is 26.1. The number of carbonyl (C=O) groups excluding carboxylic acids is 1. The molecule has 0 saturated carbocycles. The minimum atomic E-state index is -0.351. The van der Waals surface area contributed by atoms with E-state index in [2.05, 4.69) is 10.6 Å². The monoisotopic (exact) mass is 360 g/mol. The number of benzene rings is 2. The van der Waals surface area contributed by atoms with Crippen LogP contribution in [0.3, 0.4) is 0 Å². The van der Waals surface area contributed by atoms with Gasteiger partial charge in [0, 0.05) is 23.3 Å². The number of carbonyl (C=O) groups is 1. The SMILES string of the molecule is O=C(NCCc1ccc(Cl)cc1)C1CCCc2cc(O)c(O)cc2N1. The second-order valence-electron chi connectivity index (χ2n) is 6.25. The molecule has 5 nitrogen and oxygen atoms in total. The molecule has 4 N–H and O–H groups in total. The van der Waals surface area contributed by atoms with Crippen LogP contribution in [0.5, 0.6) is 11.5 Å². The first-order valence-electron chi connectivity index (χ1n) is 8.36. The number of phenolic OH excluding ortho intramolecular Hbond substituents is 2. The lowest BCUT2D eigenvalue weighted by Crippen LogP contribution is -2.40. The maximum Gasteiger partial charge on any atom is 0.242 e. The highest BCUT2D eigenvalue weighted by molar-refractivity contribution is 6.30. The van der Waals surface area contributed by atoms with E-state index in [0.29, 0.717) is 23.7 Å². The molecule has 0 radical (unpaired) electrons. The molecule has 2 aromatic carbocycles. The van der Waals surface area contributed by atoms with Crippen LogP contribution in [0.2, 0.25) is 5.02 Å². The number of aromatic hydroxyl groups is 2. The molecule has 132 valence electrons. The van der Waals surface area contributed by atoms with Crippen molar-refractivity contribution in [3.8, 4) is 11.5 Å². The summed E-state index contributed by atoms with van der Waals surface area (Å²) in [6.45, 7) is 0.548. The van der Waals surface area contributed by atoms with Crippen molar-refractivity contribution >= 4 is 23.2 Å². The molecule has 2 aromatic rings. The molecule has 1 aliphatic heterocycles. The van der Waals surface area contributed by atoms with Gasteiger partial charge in [0.05, 0.1) is 0 Å². The van der Waals surface area contributed by atoms with Gasteiger partial charge >= 0.3 is 0 Å². The second-order valence-corrected chi connectivity index (χ2v) is 6.69. The molecule has 1 heterocycles. The van der Waals surface area contributed by atoms with E-state index in [1.54, 1.807) is 6.07 Å². The molecule has 0 spiro atoms. The molecule has 6 heteroatoms. The lowest BCUT2D eigenvalue weighted by Gasteiger charge is -2.18. The smallest absolute Gasteiger partial charge is 0.242 e. The van der Waals surface area contributed by atoms with Gasteiger partial charge in [-0.3, -0.25) is 4.79 Å². The number of hydrogen-bond acceptors (Lipinski definition) is 4. The quantitative estimate of drug-likeness (QED) is 0.498. The van der Waals surface area contributed by atoms with Gasteiger partial charge in [-0.1, -0.05) is 23.7 Å². The molecule has 0 bridgehead atoms.